The van der Waals surface area contributed by atoms with E-state index in [0.717, 1.165) is 33.7 Å². The van der Waals surface area contributed by atoms with Crippen molar-refractivity contribution in [3.8, 4) is 22.6 Å². The Morgan fingerprint density at radius 2 is 1.42 bits per heavy atom. The monoisotopic (exact) mass is 336 g/mol. The summed E-state index contributed by atoms with van der Waals surface area (Å²) in [5, 5.41) is 4.51. The van der Waals surface area contributed by atoms with Crippen LogP contribution in [0.15, 0.2) is 97.5 Å². The number of para-hydroxylation sites is 2. The lowest BCUT2D eigenvalue weighted by molar-refractivity contribution is 0.888. The molecule has 0 aliphatic carbocycles. The molecule has 5 aromatic rings. The third-order valence-corrected chi connectivity index (χ3v) is 4.52. The molecule has 0 saturated carbocycles. The van der Waals surface area contributed by atoms with Gasteiger partial charge in [-0.2, -0.15) is 5.10 Å². The van der Waals surface area contributed by atoms with Crippen LogP contribution in [0.25, 0.3) is 33.7 Å². The first kappa shape index (κ1) is 14.7. The van der Waals surface area contributed by atoms with Gasteiger partial charge in [0.2, 0.25) is 0 Å². The van der Waals surface area contributed by atoms with Crippen molar-refractivity contribution in [3.63, 3.8) is 0 Å². The van der Waals surface area contributed by atoms with E-state index in [4.69, 9.17) is 0 Å². The highest BCUT2D eigenvalue weighted by Crippen LogP contribution is 2.27. The summed E-state index contributed by atoms with van der Waals surface area (Å²) >= 11 is 0. The number of benzene rings is 3. The van der Waals surface area contributed by atoms with E-state index in [1.54, 1.807) is 0 Å². The van der Waals surface area contributed by atoms with Crippen LogP contribution >= 0.6 is 0 Å². The third kappa shape index (κ3) is 2.40. The Morgan fingerprint density at radius 3 is 2.19 bits per heavy atom. The van der Waals surface area contributed by atoms with Crippen LogP contribution in [0.5, 0.6) is 0 Å². The lowest BCUT2D eigenvalue weighted by atomic mass is 10.1. The topological polar surface area (TPSA) is 35.6 Å². The van der Waals surface area contributed by atoms with Gasteiger partial charge in [-0.25, -0.2) is 9.67 Å². The Balaban J connectivity index is 1.67. The molecule has 26 heavy (non-hydrogen) atoms. The summed E-state index contributed by atoms with van der Waals surface area (Å²) in [5.41, 5.74) is 6.36. The predicted molar refractivity (Wildman–Crippen MR) is 104 cm³/mol. The molecule has 4 nitrogen and oxygen atoms in total. The van der Waals surface area contributed by atoms with Crippen molar-refractivity contribution in [2.45, 2.75) is 0 Å². The molecule has 3 aromatic carbocycles. The van der Waals surface area contributed by atoms with Crippen molar-refractivity contribution in [1.29, 1.82) is 0 Å². The summed E-state index contributed by atoms with van der Waals surface area (Å²) in [6.07, 6.45) is 3.71. The van der Waals surface area contributed by atoms with E-state index in [2.05, 4.69) is 57.1 Å². The van der Waals surface area contributed by atoms with Gasteiger partial charge in [0.05, 0.1) is 28.6 Å². The zero-order valence-corrected chi connectivity index (χ0v) is 14.0. The standard InChI is InChI=1S/C22H16N4/c1-3-7-18(8-4-1)25-16-23-20-12-11-17(15-22(20)25)21-13-14-24-26(21)19-9-5-2-6-10-19/h1-16H. The van der Waals surface area contributed by atoms with Crippen LogP contribution in [-0.4, -0.2) is 19.3 Å². The van der Waals surface area contributed by atoms with Gasteiger partial charge in [-0.05, 0) is 42.5 Å². The Labute approximate surface area is 151 Å². The van der Waals surface area contributed by atoms with Crippen LogP contribution in [0.4, 0.5) is 0 Å². The quantitative estimate of drug-likeness (QED) is 0.471. The van der Waals surface area contributed by atoms with E-state index in [1.165, 1.54) is 0 Å². The molecule has 124 valence electrons. The zero-order chi connectivity index (χ0) is 17.3. The van der Waals surface area contributed by atoms with Crippen molar-refractivity contribution in [1.82, 2.24) is 19.3 Å². The average molecular weight is 336 g/mol. The van der Waals surface area contributed by atoms with Crippen LogP contribution < -0.4 is 0 Å². The second-order valence-corrected chi connectivity index (χ2v) is 6.12. The maximum Gasteiger partial charge on any atom is 0.100 e. The molecule has 0 spiro atoms. The van der Waals surface area contributed by atoms with Crippen molar-refractivity contribution in [2.24, 2.45) is 0 Å². The average Bonchev–Trinajstić information content (AvgIpc) is 3.36. The molecule has 0 bridgehead atoms. The van der Waals surface area contributed by atoms with Crippen molar-refractivity contribution in [2.75, 3.05) is 0 Å². The SMILES string of the molecule is c1ccc(-n2nccc2-c2ccc3ncn(-c4ccccc4)c3c2)cc1. The minimum Gasteiger partial charge on any atom is -0.299 e. The third-order valence-electron chi connectivity index (χ3n) is 4.52. The largest absolute Gasteiger partial charge is 0.299 e. The summed E-state index contributed by atoms with van der Waals surface area (Å²) in [5.74, 6) is 0. The van der Waals surface area contributed by atoms with Gasteiger partial charge < -0.3 is 0 Å². The number of aromatic nitrogens is 4. The van der Waals surface area contributed by atoms with Gasteiger partial charge in [0, 0.05) is 11.3 Å². The first-order chi connectivity index (χ1) is 12.9. The fraction of sp³-hybridized carbons (Fsp3) is 0. The van der Waals surface area contributed by atoms with Crippen LogP contribution in [-0.2, 0) is 0 Å². The number of rotatable bonds is 3. The molecule has 0 fully saturated rings. The molecule has 2 heterocycles. The molecule has 4 heteroatoms. The van der Waals surface area contributed by atoms with E-state index < -0.39 is 0 Å². The molecule has 0 unspecified atom stereocenters. The van der Waals surface area contributed by atoms with Crippen molar-refractivity contribution < 1.29 is 0 Å². The predicted octanol–water partition coefficient (Wildman–Crippen LogP) is 4.88. The lowest BCUT2D eigenvalue weighted by Crippen LogP contribution is -1.98. The first-order valence-electron chi connectivity index (χ1n) is 8.52. The minimum atomic E-state index is 0.975. The molecule has 0 N–H and O–H groups in total. The van der Waals surface area contributed by atoms with Gasteiger partial charge in [0.1, 0.15) is 6.33 Å². The zero-order valence-electron chi connectivity index (χ0n) is 14.0. The Morgan fingerprint density at radius 1 is 0.692 bits per heavy atom. The van der Waals surface area contributed by atoms with E-state index in [9.17, 15) is 0 Å². The molecule has 2 aromatic heterocycles. The minimum absolute atomic E-state index is 0.975. The van der Waals surface area contributed by atoms with Gasteiger partial charge in [0.25, 0.3) is 0 Å². The number of fused-ring (bicyclic) bond motifs is 1. The first-order valence-corrected chi connectivity index (χ1v) is 8.52. The van der Waals surface area contributed by atoms with Crippen LogP contribution in [0, 0.1) is 0 Å². The van der Waals surface area contributed by atoms with Gasteiger partial charge in [-0.1, -0.05) is 42.5 Å². The summed E-state index contributed by atoms with van der Waals surface area (Å²) in [6.45, 7) is 0. The Kier molecular flexibility index (Phi) is 3.39. The molecule has 0 aliphatic rings. The molecule has 0 atom stereocenters. The smallest absolute Gasteiger partial charge is 0.100 e. The van der Waals surface area contributed by atoms with E-state index >= 15 is 0 Å². The highest BCUT2D eigenvalue weighted by molar-refractivity contribution is 5.83. The molecule has 0 amide bonds. The Bertz CT molecular complexity index is 1170. The molecule has 5 rings (SSSR count). The highest BCUT2D eigenvalue weighted by atomic mass is 15.3. The van der Waals surface area contributed by atoms with E-state index in [0.29, 0.717) is 0 Å². The molecular weight excluding hydrogens is 320 g/mol. The normalized spacial score (nSPS) is 11.1. The van der Waals surface area contributed by atoms with E-state index in [1.807, 2.05) is 59.7 Å². The van der Waals surface area contributed by atoms with Crippen LogP contribution in [0.2, 0.25) is 0 Å². The summed E-state index contributed by atoms with van der Waals surface area (Å²) in [4.78, 5) is 4.54. The molecule has 0 radical (unpaired) electrons. The maximum atomic E-state index is 4.54. The van der Waals surface area contributed by atoms with Gasteiger partial charge in [-0.3, -0.25) is 4.57 Å². The number of nitrogens with zero attached hydrogens (tertiary/aromatic N) is 4. The van der Waals surface area contributed by atoms with Crippen LogP contribution in [0.1, 0.15) is 0 Å². The van der Waals surface area contributed by atoms with Gasteiger partial charge in [0.15, 0.2) is 0 Å². The van der Waals surface area contributed by atoms with E-state index in [-0.39, 0.29) is 0 Å². The summed E-state index contributed by atoms with van der Waals surface area (Å²) < 4.78 is 4.08. The van der Waals surface area contributed by atoms with Gasteiger partial charge >= 0.3 is 0 Å². The Hall–Kier alpha value is -3.66. The number of imidazole rings is 1. The molecule has 0 aliphatic heterocycles. The van der Waals surface area contributed by atoms with Crippen molar-refractivity contribution >= 4 is 11.0 Å². The summed E-state index contributed by atoms with van der Waals surface area (Å²) in [7, 11) is 0. The van der Waals surface area contributed by atoms with Gasteiger partial charge in [-0.15, -0.1) is 0 Å². The van der Waals surface area contributed by atoms with Crippen molar-refractivity contribution in [3.05, 3.63) is 97.5 Å². The molecular formula is C22H16N4. The van der Waals surface area contributed by atoms with Crippen LogP contribution in [0.3, 0.4) is 0 Å². The second-order valence-electron chi connectivity index (χ2n) is 6.12. The maximum absolute atomic E-state index is 4.54. The number of hydrogen-bond acceptors (Lipinski definition) is 2. The second kappa shape index (κ2) is 6.01. The summed E-state index contributed by atoms with van der Waals surface area (Å²) in [6, 6.07) is 28.8. The fourth-order valence-corrected chi connectivity index (χ4v) is 3.26. The highest BCUT2D eigenvalue weighted by Gasteiger charge is 2.11. The number of hydrogen-bond donors (Lipinski definition) is 0. The molecule has 0 saturated heterocycles. The fourth-order valence-electron chi connectivity index (χ4n) is 3.26. The lowest BCUT2D eigenvalue weighted by Gasteiger charge is -2.09.